The summed E-state index contributed by atoms with van der Waals surface area (Å²) in [5, 5.41) is 12.1. The minimum Gasteiger partial charge on any atom is -0.395 e. The maximum absolute atomic E-state index is 12.0. The maximum atomic E-state index is 12.0. The van der Waals surface area contributed by atoms with Gasteiger partial charge in [-0.15, -0.1) is 0 Å². The van der Waals surface area contributed by atoms with Crippen LogP contribution in [0.15, 0.2) is 30.3 Å². The standard InChI is InChI=1S/C16H26N2O2/c1-3-7-14(2)17-16(20)13-18(10-11-19)12-15-8-5-4-6-9-15/h4-6,8-9,14,19H,3,7,10-13H2,1-2H3,(H,17,20). The molecule has 0 aliphatic heterocycles. The Morgan fingerprint density at radius 3 is 2.65 bits per heavy atom. The van der Waals surface area contributed by atoms with Crippen molar-refractivity contribution in [3.05, 3.63) is 35.9 Å². The second kappa shape index (κ2) is 9.50. The molecule has 1 rings (SSSR count). The molecule has 0 heterocycles. The van der Waals surface area contributed by atoms with E-state index in [-0.39, 0.29) is 18.6 Å². The zero-order valence-corrected chi connectivity index (χ0v) is 12.5. The molecule has 0 saturated heterocycles. The predicted molar refractivity (Wildman–Crippen MR) is 81.3 cm³/mol. The van der Waals surface area contributed by atoms with E-state index in [9.17, 15) is 4.79 Å². The summed E-state index contributed by atoms with van der Waals surface area (Å²) in [6.45, 7) is 5.70. The van der Waals surface area contributed by atoms with Crippen LogP contribution in [0.4, 0.5) is 0 Å². The first-order chi connectivity index (χ1) is 9.65. The number of carbonyl (C=O) groups excluding carboxylic acids is 1. The van der Waals surface area contributed by atoms with E-state index in [1.807, 2.05) is 42.2 Å². The monoisotopic (exact) mass is 278 g/mol. The topological polar surface area (TPSA) is 52.6 Å². The molecule has 0 aliphatic carbocycles. The number of amides is 1. The molecule has 1 amide bonds. The van der Waals surface area contributed by atoms with Gasteiger partial charge in [0.2, 0.25) is 5.91 Å². The molecule has 112 valence electrons. The van der Waals surface area contributed by atoms with Crippen LogP contribution in [0.1, 0.15) is 32.3 Å². The van der Waals surface area contributed by atoms with E-state index in [0.717, 1.165) is 18.4 Å². The van der Waals surface area contributed by atoms with Gasteiger partial charge in [-0.3, -0.25) is 9.69 Å². The molecular formula is C16H26N2O2. The molecule has 0 fully saturated rings. The Morgan fingerprint density at radius 2 is 2.05 bits per heavy atom. The lowest BCUT2D eigenvalue weighted by Crippen LogP contribution is -2.41. The Morgan fingerprint density at radius 1 is 1.35 bits per heavy atom. The van der Waals surface area contributed by atoms with Gasteiger partial charge in [0.1, 0.15) is 0 Å². The average molecular weight is 278 g/mol. The molecule has 0 bridgehead atoms. The van der Waals surface area contributed by atoms with Crippen molar-refractivity contribution in [3.8, 4) is 0 Å². The number of benzene rings is 1. The van der Waals surface area contributed by atoms with Gasteiger partial charge in [-0.05, 0) is 18.9 Å². The Hall–Kier alpha value is -1.39. The summed E-state index contributed by atoms with van der Waals surface area (Å²) in [7, 11) is 0. The molecule has 0 aliphatic rings. The van der Waals surface area contributed by atoms with Gasteiger partial charge in [-0.25, -0.2) is 0 Å². The number of nitrogens with one attached hydrogen (secondary N) is 1. The lowest BCUT2D eigenvalue weighted by molar-refractivity contribution is -0.123. The van der Waals surface area contributed by atoms with Crippen LogP contribution in [0.5, 0.6) is 0 Å². The van der Waals surface area contributed by atoms with Crippen LogP contribution < -0.4 is 5.32 Å². The second-order valence-corrected chi connectivity index (χ2v) is 5.18. The lowest BCUT2D eigenvalue weighted by Gasteiger charge is -2.22. The molecule has 0 spiro atoms. The van der Waals surface area contributed by atoms with Crippen LogP contribution in [0.3, 0.4) is 0 Å². The van der Waals surface area contributed by atoms with Crippen LogP contribution in [0.25, 0.3) is 0 Å². The summed E-state index contributed by atoms with van der Waals surface area (Å²) >= 11 is 0. The number of rotatable bonds is 9. The predicted octanol–water partition coefficient (Wildman–Crippen LogP) is 1.79. The number of hydrogen-bond donors (Lipinski definition) is 2. The minimum absolute atomic E-state index is 0.0235. The van der Waals surface area contributed by atoms with Gasteiger partial charge in [0.25, 0.3) is 0 Å². The fourth-order valence-corrected chi connectivity index (χ4v) is 2.23. The summed E-state index contributed by atoms with van der Waals surface area (Å²) < 4.78 is 0. The van der Waals surface area contributed by atoms with E-state index in [1.54, 1.807) is 0 Å². The SMILES string of the molecule is CCCC(C)NC(=O)CN(CCO)Cc1ccccc1. The van der Waals surface area contributed by atoms with Crippen molar-refractivity contribution < 1.29 is 9.90 Å². The first-order valence-electron chi connectivity index (χ1n) is 7.32. The van der Waals surface area contributed by atoms with Crippen molar-refractivity contribution in [2.45, 2.75) is 39.3 Å². The van der Waals surface area contributed by atoms with Crippen molar-refractivity contribution >= 4 is 5.91 Å². The van der Waals surface area contributed by atoms with E-state index in [2.05, 4.69) is 12.2 Å². The van der Waals surface area contributed by atoms with Gasteiger partial charge >= 0.3 is 0 Å². The third kappa shape index (κ3) is 6.68. The van der Waals surface area contributed by atoms with Crippen molar-refractivity contribution in [2.75, 3.05) is 19.7 Å². The minimum atomic E-state index is 0.0235. The molecule has 1 unspecified atom stereocenters. The van der Waals surface area contributed by atoms with Gasteiger partial charge in [0.05, 0.1) is 13.2 Å². The summed E-state index contributed by atoms with van der Waals surface area (Å²) in [6, 6.07) is 10.2. The maximum Gasteiger partial charge on any atom is 0.234 e. The Balaban J connectivity index is 2.47. The molecule has 20 heavy (non-hydrogen) atoms. The fraction of sp³-hybridized carbons (Fsp3) is 0.562. The molecule has 1 atom stereocenters. The Bertz CT molecular complexity index is 381. The molecule has 0 radical (unpaired) electrons. The first-order valence-corrected chi connectivity index (χ1v) is 7.32. The van der Waals surface area contributed by atoms with Crippen molar-refractivity contribution in [1.82, 2.24) is 10.2 Å². The Kier molecular flexibility index (Phi) is 7.92. The van der Waals surface area contributed by atoms with Gasteiger partial charge in [-0.2, -0.15) is 0 Å². The zero-order chi connectivity index (χ0) is 14.8. The summed E-state index contributed by atoms with van der Waals surface area (Å²) in [6.07, 6.45) is 2.05. The quantitative estimate of drug-likeness (QED) is 0.724. The smallest absolute Gasteiger partial charge is 0.234 e. The fourth-order valence-electron chi connectivity index (χ4n) is 2.23. The molecule has 1 aromatic rings. The third-order valence-corrected chi connectivity index (χ3v) is 3.16. The lowest BCUT2D eigenvalue weighted by atomic mass is 10.2. The van der Waals surface area contributed by atoms with Crippen LogP contribution in [-0.4, -0.2) is 41.7 Å². The van der Waals surface area contributed by atoms with Gasteiger partial charge < -0.3 is 10.4 Å². The molecule has 0 aromatic heterocycles. The number of aliphatic hydroxyl groups excluding tert-OH is 1. The van der Waals surface area contributed by atoms with Gasteiger partial charge in [0, 0.05) is 19.1 Å². The number of hydrogen-bond acceptors (Lipinski definition) is 3. The van der Waals surface area contributed by atoms with E-state index < -0.39 is 0 Å². The van der Waals surface area contributed by atoms with Gasteiger partial charge in [-0.1, -0.05) is 43.7 Å². The van der Waals surface area contributed by atoms with E-state index in [0.29, 0.717) is 19.6 Å². The van der Waals surface area contributed by atoms with Crippen molar-refractivity contribution in [3.63, 3.8) is 0 Å². The molecule has 0 saturated carbocycles. The molecule has 1 aromatic carbocycles. The zero-order valence-electron chi connectivity index (χ0n) is 12.5. The summed E-state index contributed by atoms with van der Waals surface area (Å²) in [4.78, 5) is 13.9. The van der Waals surface area contributed by atoms with Crippen LogP contribution in [-0.2, 0) is 11.3 Å². The van der Waals surface area contributed by atoms with Crippen LogP contribution in [0, 0.1) is 0 Å². The van der Waals surface area contributed by atoms with E-state index in [4.69, 9.17) is 5.11 Å². The highest BCUT2D eigenvalue weighted by Gasteiger charge is 2.12. The Labute approximate surface area is 121 Å². The van der Waals surface area contributed by atoms with Crippen LogP contribution >= 0.6 is 0 Å². The normalized spacial score (nSPS) is 12.4. The first kappa shape index (κ1) is 16.7. The number of aliphatic hydroxyl groups is 1. The van der Waals surface area contributed by atoms with E-state index >= 15 is 0 Å². The second-order valence-electron chi connectivity index (χ2n) is 5.18. The number of carbonyl (C=O) groups is 1. The largest absolute Gasteiger partial charge is 0.395 e. The summed E-state index contributed by atoms with van der Waals surface area (Å²) in [5.74, 6) is 0.0235. The molecule has 4 nitrogen and oxygen atoms in total. The van der Waals surface area contributed by atoms with Crippen molar-refractivity contribution in [2.24, 2.45) is 0 Å². The third-order valence-electron chi connectivity index (χ3n) is 3.16. The van der Waals surface area contributed by atoms with Gasteiger partial charge in [0.15, 0.2) is 0 Å². The highest BCUT2D eigenvalue weighted by Crippen LogP contribution is 2.04. The average Bonchev–Trinajstić information content (AvgIpc) is 2.40. The molecular weight excluding hydrogens is 252 g/mol. The number of nitrogens with zero attached hydrogens (tertiary/aromatic N) is 1. The molecule has 4 heteroatoms. The highest BCUT2D eigenvalue weighted by atomic mass is 16.3. The highest BCUT2D eigenvalue weighted by molar-refractivity contribution is 5.78. The summed E-state index contributed by atoms with van der Waals surface area (Å²) in [5.41, 5.74) is 1.15. The van der Waals surface area contributed by atoms with Crippen LogP contribution in [0.2, 0.25) is 0 Å². The molecule has 2 N–H and O–H groups in total. The van der Waals surface area contributed by atoms with E-state index in [1.165, 1.54) is 0 Å². The van der Waals surface area contributed by atoms with Crippen molar-refractivity contribution in [1.29, 1.82) is 0 Å².